The maximum atomic E-state index is 12.9. The average molecular weight is 1740 g/mol. The number of esters is 2. The fourth-order valence-electron chi connectivity index (χ4n) is 10.6. The molecule has 1 unspecified atom stereocenters. The molecule has 118 heavy (non-hydrogen) atoms. The Balaban J connectivity index is 0. The molecule has 0 spiro atoms. The zero-order valence-electron chi connectivity index (χ0n) is 73.8. The maximum absolute atomic E-state index is 12.9. The molecule has 35 heteroatoms. The molecule has 0 fully saturated rings. The van der Waals surface area contributed by atoms with Gasteiger partial charge in [-0.3, -0.25) is 14.2 Å². The molecule has 5 N–H and O–H groups in total. The van der Waals surface area contributed by atoms with Crippen LogP contribution in [0.1, 0.15) is 194 Å². The number of nitrogens with one attached hydrogen (secondary N) is 1. The van der Waals surface area contributed by atoms with Crippen LogP contribution in [0.2, 0.25) is 0 Å². The van der Waals surface area contributed by atoms with Gasteiger partial charge in [-0.2, -0.15) is 0 Å². The summed E-state index contributed by atoms with van der Waals surface area (Å²) in [6.45, 7) is 22.4. The van der Waals surface area contributed by atoms with Crippen molar-refractivity contribution in [2.75, 3.05) is 324 Å². The fraction of sp³-hybridized carbons (Fsp3) is 0.964. The van der Waals surface area contributed by atoms with Crippen LogP contribution in [-0.4, -0.2) is 348 Å². The number of carbonyl (C=O) groups is 3. The minimum atomic E-state index is -4.91. The molecule has 0 saturated heterocycles. The zero-order valence-corrected chi connectivity index (χ0v) is 74.7. The van der Waals surface area contributed by atoms with Crippen LogP contribution >= 0.6 is 7.82 Å². The van der Waals surface area contributed by atoms with Crippen molar-refractivity contribution in [3.63, 3.8) is 0 Å². The van der Waals surface area contributed by atoms with Crippen molar-refractivity contribution in [1.29, 1.82) is 0 Å². The highest BCUT2D eigenvalue weighted by Crippen LogP contribution is 2.38. The highest BCUT2D eigenvalue weighted by Gasteiger charge is 2.22. The summed E-state index contributed by atoms with van der Waals surface area (Å²) in [5, 5.41) is 2.40. The van der Waals surface area contributed by atoms with Gasteiger partial charge in [-0.1, -0.05) is 168 Å². The van der Waals surface area contributed by atoms with Crippen molar-refractivity contribution in [1.82, 2.24) is 11.5 Å². The van der Waals surface area contributed by atoms with Gasteiger partial charge in [0, 0.05) is 26.5 Å². The Kier molecular flexibility index (Phi) is 103. The third-order valence-corrected chi connectivity index (χ3v) is 18.0. The smallest absolute Gasteiger partial charge is 0.407 e. The number of alkyl carbamates (subject to hydrolysis) is 1. The summed E-state index contributed by atoms with van der Waals surface area (Å²) < 4.78 is 159. The lowest BCUT2D eigenvalue weighted by atomic mass is 10.0. The van der Waals surface area contributed by atoms with Gasteiger partial charge in [0.1, 0.15) is 13.2 Å². The van der Waals surface area contributed by atoms with E-state index in [4.69, 9.17) is 127 Å². The standard InChI is InChI=1S/C83H164NO32P.H3N/c1-4-6-8-10-12-14-16-18-20-22-24-26-28-30-81(85)113-78-80(116-82(86)31-29-27-25-23-21-19-17-15-13-11-9-7-5-2)79-115-117(88,89)114-33-32-84-83(87)112-77-76-111-75-74-110-73-72-109-71-70-108-69-68-107-67-66-106-65-64-105-63-62-104-61-60-103-59-58-102-57-56-101-55-54-100-53-52-99-51-50-98-49-48-97-47-46-96-45-44-95-43-42-94-41-40-93-39-38-92-37-36-91-35-34-90-3;/h80H,4-79H2,1-3H3,(H,84,87)(H,88,89);1H3/t80-;/m1./s1. The van der Waals surface area contributed by atoms with Gasteiger partial charge in [0.15, 0.2) is 6.10 Å². The van der Waals surface area contributed by atoms with Crippen molar-refractivity contribution in [2.45, 2.75) is 200 Å². The summed E-state index contributed by atoms with van der Waals surface area (Å²) in [6, 6.07) is 0. The van der Waals surface area contributed by atoms with E-state index >= 15 is 0 Å². The first-order valence-corrected chi connectivity index (χ1v) is 45.7. The van der Waals surface area contributed by atoms with E-state index in [2.05, 4.69) is 19.2 Å². The first-order chi connectivity index (χ1) is 57.7. The molecule has 0 aliphatic rings. The number of amides is 1. The maximum Gasteiger partial charge on any atom is 0.407 e. The number of ether oxygens (including phenoxy) is 25. The van der Waals surface area contributed by atoms with E-state index in [-0.39, 0.29) is 52.0 Å². The number of hydrogen-bond donors (Lipinski definition) is 2. The van der Waals surface area contributed by atoms with Gasteiger partial charge in [0.2, 0.25) is 0 Å². The highest BCUT2D eigenvalue weighted by atomic mass is 31.2. The molecule has 0 aromatic heterocycles. The first kappa shape index (κ1) is 117. The van der Waals surface area contributed by atoms with Gasteiger partial charge in [0.25, 0.3) is 7.82 Å². The van der Waals surface area contributed by atoms with Gasteiger partial charge >= 0.3 is 18.0 Å². The normalized spacial score (nSPS) is 12.3. The lowest BCUT2D eigenvalue weighted by Crippen LogP contribution is -2.31. The molecular weight excluding hydrogens is 1570 g/mol. The van der Waals surface area contributed by atoms with Crippen molar-refractivity contribution < 1.29 is 151 Å². The molecule has 0 aliphatic carbocycles. The number of carbonyl (C=O) groups excluding carboxylic acids is 3. The minimum absolute atomic E-state index is 0. The molecule has 706 valence electrons. The number of hydrogen-bond acceptors (Lipinski definition) is 32. The molecule has 2 atom stereocenters. The SMILES string of the molecule is CCCCCCCCCCCCCCCC(=O)OC[C@H](COP(=O)([O-])OCCNC(=O)OCCOCCOCCOCCOCCOCCOCCOCCOCCOCCOCCOCCOCCOCCOCCOCCOCCOCCOCCOCCOCCOCCOC)OC(=O)CCCCCCCCCCCCCCC.[NH4+]. The van der Waals surface area contributed by atoms with Gasteiger partial charge in [0.05, 0.1) is 297 Å². The van der Waals surface area contributed by atoms with Gasteiger partial charge in [-0.25, -0.2) is 4.79 Å². The lowest BCUT2D eigenvalue weighted by molar-refractivity contribution is -0.228. The second-order valence-electron chi connectivity index (χ2n) is 27.3. The molecule has 0 heterocycles. The summed E-state index contributed by atoms with van der Waals surface area (Å²) in [6.07, 6.45) is 29.0. The lowest BCUT2D eigenvalue weighted by Gasteiger charge is -2.25. The van der Waals surface area contributed by atoms with E-state index in [9.17, 15) is 23.8 Å². The van der Waals surface area contributed by atoms with E-state index < -0.39 is 45.2 Å². The van der Waals surface area contributed by atoms with Crippen LogP contribution in [0.4, 0.5) is 4.79 Å². The first-order valence-electron chi connectivity index (χ1n) is 44.2. The molecule has 0 aliphatic heterocycles. The molecule has 0 aromatic rings. The summed E-state index contributed by atoms with van der Waals surface area (Å²) in [5.41, 5.74) is 0. The van der Waals surface area contributed by atoms with Gasteiger partial charge < -0.3 is 144 Å². The Morgan fingerprint density at radius 1 is 0.263 bits per heavy atom. The van der Waals surface area contributed by atoms with Crippen molar-refractivity contribution in [3.05, 3.63) is 0 Å². The second-order valence-corrected chi connectivity index (χ2v) is 28.7. The van der Waals surface area contributed by atoms with Crippen molar-refractivity contribution in [3.8, 4) is 0 Å². The molecule has 0 aromatic carbocycles. The van der Waals surface area contributed by atoms with Crippen LogP contribution in [0.15, 0.2) is 0 Å². The van der Waals surface area contributed by atoms with E-state index in [1.807, 2.05) is 0 Å². The molecule has 34 nitrogen and oxygen atoms in total. The summed E-state index contributed by atoms with van der Waals surface area (Å²) >= 11 is 0. The van der Waals surface area contributed by atoms with E-state index in [1.165, 1.54) is 116 Å². The third kappa shape index (κ3) is 102. The van der Waals surface area contributed by atoms with Crippen LogP contribution in [0.3, 0.4) is 0 Å². The number of unbranched alkanes of at least 4 members (excludes halogenated alkanes) is 24. The predicted molar refractivity (Wildman–Crippen MR) is 445 cm³/mol. The second kappa shape index (κ2) is 103. The number of phosphoric ester groups is 1. The predicted octanol–water partition coefficient (Wildman–Crippen LogP) is 11.0. The fourth-order valence-corrected chi connectivity index (χ4v) is 11.3. The monoisotopic (exact) mass is 1740 g/mol. The van der Waals surface area contributed by atoms with Crippen LogP contribution in [0.25, 0.3) is 0 Å². The molecule has 0 saturated carbocycles. The van der Waals surface area contributed by atoms with Crippen LogP contribution in [0, 0.1) is 0 Å². The quantitative estimate of drug-likeness (QED) is 0.0247. The van der Waals surface area contributed by atoms with Crippen LogP contribution in [-0.2, 0) is 142 Å². The zero-order chi connectivity index (χ0) is 84.3. The number of quaternary nitrogens is 1. The number of methoxy groups -OCH3 is 1. The summed E-state index contributed by atoms with van der Waals surface area (Å²) in [4.78, 5) is 50.4. The molecule has 0 bridgehead atoms. The minimum Gasteiger partial charge on any atom is -0.756 e. The van der Waals surface area contributed by atoms with Gasteiger partial charge in [-0.05, 0) is 12.8 Å². The molecule has 0 rings (SSSR count). The van der Waals surface area contributed by atoms with Crippen molar-refractivity contribution in [2.24, 2.45) is 0 Å². The Morgan fingerprint density at radius 3 is 0.712 bits per heavy atom. The largest absolute Gasteiger partial charge is 0.756 e. The van der Waals surface area contributed by atoms with Gasteiger partial charge in [-0.15, -0.1) is 0 Å². The Labute approximate surface area is 709 Å². The number of rotatable bonds is 104. The topological polar surface area (TPSA) is 389 Å². The van der Waals surface area contributed by atoms with E-state index in [0.717, 1.165) is 38.5 Å². The summed E-state index contributed by atoms with van der Waals surface area (Å²) in [5.74, 6) is -0.975. The highest BCUT2D eigenvalue weighted by molar-refractivity contribution is 7.45. The molecular formula is C83H167N2O32P. The Hall–Kier alpha value is -2.60. The average Bonchev–Trinajstić information content (AvgIpc) is 0.906. The Bertz CT molecular complexity index is 2010. The summed E-state index contributed by atoms with van der Waals surface area (Å²) in [7, 11) is -3.27. The van der Waals surface area contributed by atoms with Crippen LogP contribution < -0.4 is 16.4 Å². The Morgan fingerprint density at radius 2 is 0.475 bits per heavy atom. The van der Waals surface area contributed by atoms with E-state index in [0.29, 0.717) is 284 Å². The molecule has 0 radical (unpaired) electrons. The van der Waals surface area contributed by atoms with Crippen LogP contribution in [0.5, 0.6) is 0 Å². The number of phosphoric acid groups is 1. The van der Waals surface area contributed by atoms with E-state index in [1.54, 1.807) is 7.11 Å². The van der Waals surface area contributed by atoms with Crippen molar-refractivity contribution >= 4 is 25.9 Å². The third-order valence-electron chi connectivity index (χ3n) is 17.1. The molecule has 1 amide bonds.